The van der Waals surface area contributed by atoms with Gasteiger partial charge in [-0.05, 0) is 57.5 Å². The van der Waals surface area contributed by atoms with Gasteiger partial charge in [-0.1, -0.05) is 25.5 Å². The molecular weight excluding hydrogens is 170 g/mol. The minimum absolute atomic E-state index is 0.884. The normalized spacial score (nSPS) is 28.4. The van der Waals surface area contributed by atoms with Crippen LogP contribution >= 0.6 is 0 Å². The van der Waals surface area contributed by atoms with Crippen LogP contribution in [-0.2, 0) is 0 Å². The summed E-state index contributed by atoms with van der Waals surface area (Å²) in [6.45, 7) is 3.44. The molecule has 0 radical (unpaired) electrons. The molecule has 0 bridgehead atoms. The minimum atomic E-state index is 0.884. The van der Waals surface area contributed by atoms with Gasteiger partial charge in [-0.2, -0.15) is 0 Å². The number of rotatable bonds is 5. The average Bonchev–Trinajstić information content (AvgIpc) is 2.25. The van der Waals surface area contributed by atoms with E-state index in [9.17, 15) is 0 Å². The summed E-state index contributed by atoms with van der Waals surface area (Å²) >= 11 is 0. The summed E-state index contributed by atoms with van der Waals surface area (Å²) in [5.74, 6) is 1.91. The van der Waals surface area contributed by atoms with Crippen LogP contribution in [0.4, 0.5) is 0 Å². The Morgan fingerprint density at radius 1 is 1.21 bits per heavy atom. The fourth-order valence-corrected chi connectivity index (χ4v) is 2.31. The summed E-state index contributed by atoms with van der Waals surface area (Å²) in [6, 6.07) is 0. The second kappa shape index (κ2) is 7.05. The van der Waals surface area contributed by atoms with Crippen LogP contribution < -0.4 is 5.32 Å². The fraction of sp³-hybridized carbons (Fsp3) is 0.846. The SMILES string of the molecule is CCC1CCC(/C=C/CCNC)CC1. The largest absolute Gasteiger partial charge is 0.319 e. The summed E-state index contributed by atoms with van der Waals surface area (Å²) in [7, 11) is 2.01. The minimum Gasteiger partial charge on any atom is -0.319 e. The van der Waals surface area contributed by atoms with E-state index in [1.807, 2.05) is 7.05 Å². The standard InChI is InChI=1S/C13H25N/c1-3-12-7-9-13(10-8-12)6-4-5-11-14-2/h4,6,12-14H,3,5,7-11H2,1-2H3/b6-4+. The second-order valence-corrected chi connectivity index (χ2v) is 4.51. The molecule has 1 rings (SSSR count). The van der Waals surface area contributed by atoms with E-state index in [0.29, 0.717) is 0 Å². The van der Waals surface area contributed by atoms with Crippen LogP contribution in [0, 0.1) is 11.8 Å². The molecule has 0 saturated heterocycles. The molecule has 1 heteroatoms. The Kier molecular flexibility index (Phi) is 5.93. The molecule has 0 aromatic carbocycles. The van der Waals surface area contributed by atoms with Crippen LogP contribution in [0.3, 0.4) is 0 Å². The van der Waals surface area contributed by atoms with Gasteiger partial charge < -0.3 is 5.32 Å². The molecule has 0 aromatic rings. The molecule has 0 atom stereocenters. The predicted octanol–water partition coefficient (Wildman–Crippen LogP) is 3.37. The Labute approximate surface area is 89.0 Å². The molecule has 1 saturated carbocycles. The van der Waals surface area contributed by atoms with Crippen molar-refractivity contribution in [3.8, 4) is 0 Å². The van der Waals surface area contributed by atoms with Crippen LogP contribution in [0.2, 0.25) is 0 Å². The zero-order chi connectivity index (χ0) is 10.2. The molecule has 1 N–H and O–H groups in total. The van der Waals surface area contributed by atoms with Crippen LogP contribution in [0.5, 0.6) is 0 Å². The summed E-state index contributed by atoms with van der Waals surface area (Å²) in [4.78, 5) is 0. The van der Waals surface area contributed by atoms with E-state index in [-0.39, 0.29) is 0 Å². The molecule has 0 spiro atoms. The highest BCUT2D eigenvalue weighted by Crippen LogP contribution is 2.31. The van der Waals surface area contributed by atoms with Gasteiger partial charge in [-0.15, -0.1) is 0 Å². The lowest BCUT2D eigenvalue weighted by molar-refractivity contribution is 0.303. The zero-order valence-corrected chi connectivity index (χ0v) is 9.76. The average molecular weight is 195 g/mol. The molecule has 0 unspecified atom stereocenters. The lowest BCUT2D eigenvalue weighted by atomic mass is 9.81. The maximum atomic E-state index is 3.17. The zero-order valence-electron chi connectivity index (χ0n) is 9.76. The third-order valence-corrected chi connectivity index (χ3v) is 3.44. The highest BCUT2D eigenvalue weighted by atomic mass is 14.8. The van der Waals surface area contributed by atoms with E-state index in [1.54, 1.807) is 0 Å². The van der Waals surface area contributed by atoms with Gasteiger partial charge in [0.25, 0.3) is 0 Å². The van der Waals surface area contributed by atoms with Gasteiger partial charge in [0.2, 0.25) is 0 Å². The maximum Gasteiger partial charge on any atom is -0.00173 e. The molecule has 0 amide bonds. The molecule has 0 aliphatic heterocycles. The summed E-state index contributed by atoms with van der Waals surface area (Å²) in [5, 5.41) is 3.17. The van der Waals surface area contributed by atoms with Crippen molar-refractivity contribution < 1.29 is 0 Å². The van der Waals surface area contributed by atoms with Gasteiger partial charge in [0.05, 0.1) is 0 Å². The Morgan fingerprint density at radius 3 is 2.50 bits per heavy atom. The van der Waals surface area contributed by atoms with E-state index in [2.05, 4.69) is 24.4 Å². The van der Waals surface area contributed by atoms with E-state index in [1.165, 1.54) is 38.5 Å². The Morgan fingerprint density at radius 2 is 1.93 bits per heavy atom. The van der Waals surface area contributed by atoms with E-state index in [4.69, 9.17) is 0 Å². The van der Waals surface area contributed by atoms with Gasteiger partial charge in [0, 0.05) is 0 Å². The number of allylic oxidation sites excluding steroid dienone is 1. The van der Waals surface area contributed by atoms with E-state index < -0.39 is 0 Å². The Bertz CT molecular complexity index is 155. The van der Waals surface area contributed by atoms with Crippen molar-refractivity contribution in [3.63, 3.8) is 0 Å². The van der Waals surface area contributed by atoms with E-state index in [0.717, 1.165) is 18.4 Å². The van der Waals surface area contributed by atoms with Crippen LogP contribution in [-0.4, -0.2) is 13.6 Å². The fourth-order valence-electron chi connectivity index (χ4n) is 2.31. The molecule has 14 heavy (non-hydrogen) atoms. The molecule has 1 aliphatic carbocycles. The van der Waals surface area contributed by atoms with Gasteiger partial charge >= 0.3 is 0 Å². The van der Waals surface area contributed by atoms with Gasteiger partial charge in [0.15, 0.2) is 0 Å². The van der Waals surface area contributed by atoms with Crippen molar-refractivity contribution in [1.82, 2.24) is 5.32 Å². The molecule has 1 aliphatic rings. The summed E-state index contributed by atoms with van der Waals surface area (Å²) < 4.78 is 0. The summed E-state index contributed by atoms with van der Waals surface area (Å²) in [6.07, 6.45) is 13.1. The lowest BCUT2D eigenvalue weighted by Gasteiger charge is -2.25. The van der Waals surface area contributed by atoms with Crippen LogP contribution in [0.1, 0.15) is 45.4 Å². The second-order valence-electron chi connectivity index (χ2n) is 4.51. The van der Waals surface area contributed by atoms with Crippen molar-refractivity contribution in [2.45, 2.75) is 45.4 Å². The molecule has 1 fully saturated rings. The Balaban J connectivity index is 2.12. The number of nitrogens with one attached hydrogen (secondary N) is 1. The monoisotopic (exact) mass is 195 g/mol. The van der Waals surface area contributed by atoms with Crippen molar-refractivity contribution in [2.24, 2.45) is 11.8 Å². The Hall–Kier alpha value is -0.300. The van der Waals surface area contributed by atoms with E-state index >= 15 is 0 Å². The highest BCUT2D eigenvalue weighted by Gasteiger charge is 2.17. The number of hydrogen-bond acceptors (Lipinski definition) is 1. The van der Waals surface area contributed by atoms with Crippen LogP contribution in [0.15, 0.2) is 12.2 Å². The van der Waals surface area contributed by atoms with Gasteiger partial charge in [-0.3, -0.25) is 0 Å². The molecule has 82 valence electrons. The smallest absolute Gasteiger partial charge is 0.00173 e. The van der Waals surface area contributed by atoms with Crippen molar-refractivity contribution >= 4 is 0 Å². The highest BCUT2D eigenvalue weighted by molar-refractivity contribution is 4.91. The van der Waals surface area contributed by atoms with Crippen LogP contribution in [0.25, 0.3) is 0 Å². The quantitative estimate of drug-likeness (QED) is 0.524. The lowest BCUT2D eigenvalue weighted by Crippen LogP contribution is -2.12. The first-order chi connectivity index (χ1) is 6.86. The first kappa shape index (κ1) is 11.8. The first-order valence-corrected chi connectivity index (χ1v) is 6.18. The third kappa shape index (κ3) is 4.28. The topological polar surface area (TPSA) is 12.0 Å². The predicted molar refractivity (Wildman–Crippen MR) is 63.4 cm³/mol. The molecule has 1 nitrogen and oxygen atoms in total. The van der Waals surface area contributed by atoms with Crippen molar-refractivity contribution in [2.75, 3.05) is 13.6 Å². The first-order valence-electron chi connectivity index (χ1n) is 6.18. The maximum absolute atomic E-state index is 3.17. The van der Waals surface area contributed by atoms with Crippen molar-refractivity contribution in [1.29, 1.82) is 0 Å². The third-order valence-electron chi connectivity index (χ3n) is 3.44. The molecule has 0 heterocycles. The van der Waals surface area contributed by atoms with Gasteiger partial charge in [0.1, 0.15) is 0 Å². The van der Waals surface area contributed by atoms with Crippen molar-refractivity contribution in [3.05, 3.63) is 12.2 Å². The molecular formula is C13H25N. The summed E-state index contributed by atoms with van der Waals surface area (Å²) in [5.41, 5.74) is 0. The number of hydrogen-bond donors (Lipinski definition) is 1. The molecule has 0 aromatic heterocycles. The van der Waals surface area contributed by atoms with Gasteiger partial charge in [-0.25, -0.2) is 0 Å².